The Morgan fingerprint density at radius 2 is 1.94 bits per heavy atom. The van der Waals surface area contributed by atoms with Crippen molar-refractivity contribution in [2.24, 2.45) is 5.92 Å². The maximum absolute atomic E-state index is 11.4. The Hall–Kier alpha value is -1.26. The number of urea groups is 1. The standard InChI is InChI=1S/C12H24N2O3/c1-4-10(6-7-11(15)16)8-9-13-12(17)14(3)5-2/h10H,4-9H2,1-3H3,(H,13,17)(H,15,16). The summed E-state index contributed by atoms with van der Waals surface area (Å²) < 4.78 is 0. The summed E-state index contributed by atoms with van der Waals surface area (Å²) in [6, 6.07) is -0.0689. The fourth-order valence-corrected chi connectivity index (χ4v) is 1.54. The van der Waals surface area contributed by atoms with E-state index in [1.165, 1.54) is 0 Å². The van der Waals surface area contributed by atoms with E-state index in [1.807, 2.05) is 13.8 Å². The molecule has 5 heteroatoms. The molecule has 0 rings (SSSR count). The first-order valence-corrected chi connectivity index (χ1v) is 6.21. The summed E-state index contributed by atoms with van der Waals surface area (Å²) in [5.41, 5.74) is 0. The normalized spacial score (nSPS) is 11.9. The van der Waals surface area contributed by atoms with Crippen LogP contribution in [0.5, 0.6) is 0 Å². The zero-order valence-corrected chi connectivity index (χ0v) is 11.0. The van der Waals surface area contributed by atoms with Crippen molar-refractivity contribution in [1.29, 1.82) is 0 Å². The van der Waals surface area contributed by atoms with Gasteiger partial charge >= 0.3 is 12.0 Å². The number of carbonyl (C=O) groups excluding carboxylic acids is 1. The number of hydrogen-bond donors (Lipinski definition) is 2. The zero-order chi connectivity index (χ0) is 13.3. The van der Waals surface area contributed by atoms with Crippen LogP contribution in [0.15, 0.2) is 0 Å². The molecule has 1 atom stereocenters. The van der Waals surface area contributed by atoms with Crippen LogP contribution >= 0.6 is 0 Å². The van der Waals surface area contributed by atoms with Crippen LogP contribution in [0, 0.1) is 5.92 Å². The van der Waals surface area contributed by atoms with Gasteiger partial charge in [0.15, 0.2) is 0 Å². The lowest BCUT2D eigenvalue weighted by Crippen LogP contribution is -2.37. The highest BCUT2D eigenvalue weighted by molar-refractivity contribution is 5.73. The molecule has 0 aromatic rings. The third kappa shape index (κ3) is 7.60. The van der Waals surface area contributed by atoms with Crippen LogP contribution in [0.2, 0.25) is 0 Å². The molecule has 1 unspecified atom stereocenters. The topological polar surface area (TPSA) is 69.6 Å². The zero-order valence-electron chi connectivity index (χ0n) is 11.0. The number of hydrogen-bond acceptors (Lipinski definition) is 2. The molecule has 0 radical (unpaired) electrons. The fraction of sp³-hybridized carbons (Fsp3) is 0.833. The molecule has 2 amide bonds. The van der Waals surface area contributed by atoms with E-state index in [0.29, 0.717) is 25.4 Å². The second-order valence-electron chi connectivity index (χ2n) is 4.24. The molecule has 0 bridgehead atoms. The first-order valence-electron chi connectivity index (χ1n) is 6.21. The summed E-state index contributed by atoms with van der Waals surface area (Å²) in [6.07, 6.45) is 2.69. The average Bonchev–Trinajstić information content (AvgIpc) is 2.31. The third-order valence-electron chi connectivity index (χ3n) is 2.99. The van der Waals surface area contributed by atoms with Crippen LogP contribution in [-0.4, -0.2) is 42.1 Å². The minimum Gasteiger partial charge on any atom is -0.481 e. The summed E-state index contributed by atoms with van der Waals surface area (Å²) in [4.78, 5) is 23.5. The van der Waals surface area contributed by atoms with Crippen molar-refractivity contribution in [3.8, 4) is 0 Å². The molecule has 0 fully saturated rings. The Kier molecular flexibility index (Phi) is 8.19. The van der Waals surface area contributed by atoms with Gasteiger partial charge in [0, 0.05) is 26.6 Å². The Bertz CT molecular complexity index is 244. The van der Waals surface area contributed by atoms with Gasteiger partial charge in [0.1, 0.15) is 0 Å². The molecule has 0 aromatic carbocycles. The minimum absolute atomic E-state index is 0.0689. The molecule has 0 aliphatic heterocycles. The molecule has 17 heavy (non-hydrogen) atoms. The molecular weight excluding hydrogens is 220 g/mol. The van der Waals surface area contributed by atoms with E-state index in [0.717, 1.165) is 12.8 Å². The monoisotopic (exact) mass is 244 g/mol. The maximum atomic E-state index is 11.4. The molecular formula is C12H24N2O3. The van der Waals surface area contributed by atoms with Gasteiger partial charge < -0.3 is 15.3 Å². The average molecular weight is 244 g/mol. The maximum Gasteiger partial charge on any atom is 0.317 e. The number of carboxylic acid groups (broad SMARTS) is 1. The van der Waals surface area contributed by atoms with Crippen molar-refractivity contribution < 1.29 is 14.7 Å². The molecule has 0 spiro atoms. The molecule has 0 aromatic heterocycles. The van der Waals surface area contributed by atoms with Gasteiger partial charge in [0.2, 0.25) is 0 Å². The van der Waals surface area contributed by atoms with Gasteiger partial charge in [0.05, 0.1) is 0 Å². The van der Waals surface area contributed by atoms with Crippen molar-refractivity contribution in [3.63, 3.8) is 0 Å². The van der Waals surface area contributed by atoms with Crippen LogP contribution in [-0.2, 0) is 4.79 Å². The Balaban J connectivity index is 3.76. The van der Waals surface area contributed by atoms with Gasteiger partial charge in [-0.15, -0.1) is 0 Å². The van der Waals surface area contributed by atoms with E-state index in [4.69, 9.17) is 5.11 Å². The number of rotatable bonds is 8. The predicted molar refractivity (Wildman–Crippen MR) is 67.0 cm³/mol. The van der Waals surface area contributed by atoms with E-state index in [9.17, 15) is 9.59 Å². The van der Waals surface area contributed by atoms with Crippen LogP contribution in [0.1, 0.15) is 39.5 Å². The highest BCUT2D eigenvalue weighted by atomic mass is 16.4. The SMILES string of the molecule is CCC(CCNC(=O)N(C)CC)CCC(=O)O. The van der Waals surface area contributed by atoms with Gasteiger partial charge in [-0.2, -0.15) is 0 Å². The van der Waals surface area contributed by atoms with Gasteiger partial charge in [-0.3, -0.25) is 4.79 Å². The molecule has 0 aliphatic carbocycles. The van der Waals surface area contributed by atoms with Crippen molar-refractivity contribution in [3.05, 3.63) is 0 Å². The second kappa shape index (κ2) is 8.84. The molecule has 5 nitrogen and oxygen atoms in total. The third-order valence-corrected chi connectivity index (χ3v) is 2.99. The Morgan fingerprint density at radius 1 is 1.29 bits per heavy atom. The highest BCUT2D eigenvalue weighted by Crippen LogP contribution is 2.14. The smallest absolute Gasteiger partial charge is 0.317 e. The van der Waals surface area contributed by atoms with E-state index in [-0.39, 0.29) is 12.5 Å². The van der Waals surface area contributed by atoms with Gasteiger partial charge in [-0.25, -0.2) is 4.79 Å². The molecule has 0 saturated carbocycles. The largest absolute Gasteiger partial charge is 0.481 e. The second-order valence-corrected chi connectivity index (χ2v) is 4.24. The van der Waals surface area contributed by atoms with Crippen LogP contribution in [0.25, 0.3) is 0 Å². The summed E-state index contributed by atoms with van der Waals surface area (Å²) in [7, 11) is 1.75. The van der Waals surface area contributed by atoms with Gasteiger partial charge in [-0.1, -0.05) is 13.3 Å². The number of nitrogens with one attached hydrogen (secondary N) is 1. The summed E-state index contributed by atoms with van der Waals surface area (Å²) in [5, 5.41) is 11.4. The van der Waals surface area contributed by atoms with Crippen LogP contribution < -0.4 is 5.32 Å². The fourth-order valence-electron chi connectivity index (χ4n) is 1.54. The predicted octanol–water partition coefficient (Wildman–Crippen LogP) is 1.93. The summed E-state index contributed by atoms with van der Waals surface area (Å²) >= 11 is 0. The quantitative estimate of drug-likeness (QED) is 0.685. The lowest BCUT2D eigenvalue weighted by Gasteiger charge is -2.18. The lowest BCUT2D eigenvalue weighted by molar-refractivity contribution is -0.137. The summed E-state index contributed by atoms with van der Waals surface area (Å²) in [5.74, 6) is -0.378. The van der Waals surface area contributed by atoms with Crippen LogP contribution in [0.4, 0.5) is 4.79 Å². The number of carbonyl (C=O) groups is 2. The Morgan fingerprint density at radius 3 is 2.41 bits per heavy atom. The number of nitrogens with zero attached hydrogens (tertiary/aromatic N) is 1. The lowest BCUT2D eigenvalue weighted by atomic mass is 9.97. The highest BCUT2D eigenvalue weighted by Gasteiger charge is 2.10. The number of amides is 2. The van der Waals surface area contributed by atoms with E-state index in [2.05, 4.69) is 5.32 Å². The van der Waals surface area contributed by atoms with Crippen molar-refractivity contribution >= 4 is 12.0 Å². The van der Waals surface area contributed by atoms with Gasteiger partial charge in [0.25, 0.3) is 0 Å². The van der Waals surface area contributed by atoms with Crippen molar-refractivity contribution in [2.75, 3.05) is 20.1 Å². The number of aliphatic carboxylic acids is 1. The molecule has 0 saturated heterocycles. The van der Waals surface area contributed by atoms with Gasteiger partial charge in [-0.05, 0) is 25.7 Å². The van der Waals surface area contributed by atoms with Crippen molar-refractivity contribution in [2.45, 2.75) is 39.5 Å². The molecule has 0 heterocycles. The van der Waals surface area contributed by atoms with Crippen molar-refractivity contribution in [1.82, 2.24) is 10.2 Å². The van der Waals surface area contributed by atoms with E-state index < -0.39 is 5.97 Å². The number of carboxylic acids is 1. The van der Waals surface area contributed by atoms with E-state index >= 15 is 0 Å². The summed E-state index contributed by atoms with van der Waals surface area (Å²) in [6.45, 7) is 5.26. The minimum atomic E-state index is -0.752. The molecule has 100 valence electrons. The molecule has 0 aliphatic rings. The Labute approximate surface area is 103 Å². The molecule has 2 N–H and O–H groups in total. The first kappa shape index (κ1) is 15.7. The van der Waals surface area contributed by atoms with E-state index in [1.54, 1.807) is 11.9 Å². The first-order chi connectivity index (χ1) is 8.01. The van der Waals surface area contributed by atoms with Crippen LogP contribution in [0.3, 0.4) is 0 Å².